The van der Waals surface area contributed by atoms with Gasteiger partial charge in [-0.25, -0.2) is 4.79 Å². The Hall–Kier alpha value is -1.59. The van der Waals surface area contributed by atoms with Crippen molar-refractivity contribution in [2.75, 3.05) is 19.8 Å². The molecule has 124 valence electrons. The summed E-state index contributed by atoms with van der Waals surface area (Å²) in [5.74, 6) is 0.376. The molecule has 0 bridgehead atoms. The van der Waals surface area contributed by atoms with Gasteiger partial charge in [0.1, 0.15) is 5.75 Å². The number of ether oxygens (including phenoxy) is 3. The number of carbonyl (C=O) groups excluding carboxylic acids is 1. The van der Waals surface area contributed by atoms with Crippen LogP contribution in [0.5, 0.6) is 5.75 Å². The molecule has 5 nitrogen and oxygen atoms in total. The topological polar surface area (TPSA) is 65.0 Å². The Labute approximate surface area is 132 Å². The molecule has 1 rings (SSSR count). The molecule has 0 radical (unpaired) electrons. The maximum atomic E-state index is 12.0. The maximum absolute atomic E-state index is 12.0. The SMILES string of the molecule is CCOC(=O)[C@H](Cc1cccc(OCCCO)c1)OC(C)C. The minimum atomic E-state index is -0.618. The molecule has 0 saturated carbocycles. The van der Waals surface area contributed by atoms with Crippen LogP contribution in [-0.2, 0) is 20.7 Å². The first-order valence-electron chi connectivity index (χ1n) is 7.71. The Kier molecular flexibility index (Phi) is 8.55. The lowest BCUT2D eigenvalue weighted by molar-refractivity contribution is -0.159. The van der Waals surface area contributed by atoms with Crippen molar-refractivity contribution in [1.29, 1.82) is 0 Å². The molecule has 0 aliphatic rings. The van der Waals surface area contributed by atoms with Crippen LogP contribution < -0.4 is 4.74 Å². The molecule has 1 N–H and O–H groups in total. The van der Waals surface area contributed by atoms with Crippen molar-refractivity contribution in [2.45, 2.75) is 45.8 Å². The highest BCUT2D eigenvalue weighted by atomic mass is 16.6. The Morgan fingerprint density at radius 2 is 2.09 bits per heavy atom. The van der Waals surface area contributed by atoms with Gasteiger partial charge in [-0.15, -0.1) is 0 Å². The Morgan fingerprint density at radius 1 is 1.32 bits per heavy atom. The number of benzene rings is 1. The number of carbonyl (C=O) groups is 1. The fourth-order valence-electron chi connectivity index (χ4n) is 1.98. The third-order valence-corrected chi connectivity index (χ3v) is 2.88. The quantitative estimate of drug-likeness (QED) is 0.531. The second kappa shape index (κ2) is 10.2. The molecule has 0 aromatic heterocycles. The van der Waals surface area contributed by atoms with Gasteiger partial charge in [0.05, 0.1) is 19.3 Å². The van der Waals surface area contributed by atoms with Crippen molar-refractivity contribution in [1.82, 2.24) is 0 Å². The van der Waals surface area contributed by atoms with Crippen LogP contribution in [0.15, 0.2) is 24.3 Å². The van der Waals surface area contributed by atoms with Crippen LogP contribution in [0.1, 0.15) is 32.8 Å². The standard InChI is InChI=1S/C17H26O5/c1-4-20-17(19)16(22-13(2)3)12-14-7-5-8-15(11-14)21-10-6-9-18/h5,7-8,11,13,16,18H,4,6,9-10,12H2,1-3H3/t16-/m0/s1. The Morgan fingerprint density at radius 3 is 2.73 bits per heavy atom. The van der Waals surface area contributed by atoms with Crippen molar-refractivity contribution < 1.29 is 24.1 Å². The Bertz CT molecular complexity index is 444. The van der Waals surface area contributed by atoms with E-state index in [0.29, 0.717) is 26.1 Å². The molecular weight excluding hydrogens is 284 g/mol. The number of hydrogen-bond acceptors (Lipinski definition) is 5. The van der Waals surface area contributed by atoms with Gasteiger partial charge in [0, 0.05) is 19.4 Å². The van der Waals surface area contributed by atoms with Crippen LogP contribution in [0.4, 0.5) is 0 Å². The first kappa shape index (κ1) is 18.5. The van der Waals surface area contributed by atoms with E-state index in [0.717, 1.165) is 11.3 Å². The molecule has 0 amide bonds. The summed E-state index contributed by atoms with van der Waals surface area (Å²) in [5, 5.41) is 8.77. The van der Waals surface area contributed by atoms with Crippen LogP contribution in [0, 0.1) is 0 Å². The highest BCUT2D eigenvalue weighted by Gasteiger charge is 2.22. The normalized spacial score (nSPS) is 12.2. The minimum absolute atomic E-state index is 0.0570. The van der Waals surface area contributed by atoms with E-state index in [-0.39, 0.29) is 18.7 Å². The van der Waals surface area contributed by atoms with Gasteiger partial charge in [0.25, 0.3) is 0 Å². The fraction of sp³-hybridized carbons (Fsp3) is 0.588. The van der Waals surface area contributed by atoms with E-state index in [1.807, 2.05) is 38.1 Å². The predicted octanol–water partition coefficient (Wildman–Crippen LogP) is 2.35. The molecule has 1 aromatic rings. The molecule has 0 aliphatic heterocycles. The van der Waals surface area contributed by atoms with Gasteiger partial charge in [-0.05, 0) is 38.5 Å². The fourth-order valence-corrected chi connectivity index (χ4v) is 1.98. The van der Waals surface area contributed by atoms with Crippen molar-refractivity contribution in [3.63, 3.8) is 0 Å². The number of hydrogen-bond donors (Lipinski definition) is 1. The monoisotopic (exact) mass is 310 g/mol. The molecule has 5 heteroatoms. The molecule has 1 aromatic carbocycles. The number of rotatable bonds is 10. The van der Waals surface area contributed by atoms with Gasteiger partial charge in [-0.1, -0.05) is 12.1 Å². The van der Waals surface area contributed by atoms with Crippen molar-refractivity contribution in [2.24, 2.45) is 0 Å². The third kappa shape index (κ3) is 6.91. The van der Waals surface area contributed by atoms with Crippen molar-refractivity contribution >= 4 is 5.97 Å². The largest absolute Gasteiger partial charge is 0.493 e. The maximum Gasteiger partial charge on any atom is 0.335 e. The summed E-state index contributed by atoms with van der Waals surface area (Å²) in [7, 11) is 0. The summed E-state index contributed by atoms with van der Waals surface area (Å²) in [6.07, 6.45) is 0.353. The molecular formula is C17H26O5. The average Bonchev–Trinajstić information content (AvgIpc) is 2.47. The zero-order valence-electron chi connectivity index (χ0n) is 13.6. The van der Waals surface area contributed by atoms with E-state index in [1.165, 1.54) is 0 Å². The summed E-state index contributed by atoms with van der Waals surface area (Å²) in [5.41, 5.74) is 0.945. The second-order valence-corrected chi connectivity index (χ2v) is 5.20. The Balaban J connectivity index is 2.70. The van der Waals surface area contributed by atoms with Crippen LogP contribution in [0.2, 0.25) is 0 Å². The summed E-state index contributed by atoms with van der Waals surface area (Å²) in [6.45, 7) is 6.46. The number of esters is 1. The van der Waals surface area contributed by atoms with E-state index in [4.69, 9.17) is 19.3 Å². The summed E-state index contributed by atoms with van der Waals surface area (Å²) >= 11 is 0. The van der Waals surface area contributed by atoms with Crippen molar-refractivity contribution in [3.05, 3.63) is 29.8 Å². The highest BCUT2D eigenvalue weighted by molar-refractivity contribution is 5.75. The third-order valence-electron chi connectivity index (χ3n) is 2.88. The molecule has 0 saturated heterocycles. The summed E-state index contributed by atoms with van der Waals surface area (Å²) in [4.78, 5) is 12.0. The van der Waals surface area contributed by atoms with Crippen molar-refractivity contribution in [3.8, 4) is 5.75 Å². The van der Waals surface area contributed by atoms with Crippen LogP contribution in [0.25, 0.3) is 0 Å². The lowest BCUT2D eigenvalue weighted by Gasteiger charge is -2.19. The highest BCUT2D eigenvalue weighted by Crippen LogP contribution is 2.17. The molecule has 0 fully saturated rings. The lowest BCUT2D eigenvalue weighted by atomic mass is 10.1. The first-order chi connectivity index (χ1) is 10.6. The zero-order valence-corrected chi connectivity index (χ0v) is 13.6. The molecule has 0 spiro atoms. The van der Waals surface area contributed by atoms with Crippen LogP contribution in [0.3, 0.4) is 0 Å². The van der Waals surface area contributed by atoms with Gasteiger partial charge in [0.2, 0.25) is 0 Å². The van der Waals surface area contributed by atoms with Gasteiger partial charge in [-0.2, -0.15) is 0 Å². The number of aliphatic hydroxyl groups excluding tert-OH is 1. The van der Waals surface area contributed by atoms with E-state index in [9.17, 15) is 4.79 Å². The molecule has 22 heavy (non-hydrogen) atoms. The second-order valence-electron chi connectivity index (χ2n) is 5.20. The van der Waals surface area contributed by atoms with E-state index in [2.05, 4.69) is 0 Å². The first-order valence-corrected chi connectivity index (χ1v) is 7.71. The van der Waals surface area contributed by atoms with E-state index >= 15 is 0 Å². The van der Waals surface area contributed by atoms with Gasteiger partial charge < -0.3 is 19.3 Å². The van der Waals surface area contributed by atoms with E-state index < -0.39 is 6.10 Å². The number of aliphatic hydroxyl groups is 1. The lowest BCUT2D eigenvalue weighted by Crippen LogP contribution is -2.31. The molecule has 0 aliphatic carbocycles. The van der Waals surface area contributed by atoms with Gasteiger partial charge in [-0.3, -0.25) is 0 Å². The average molecular weight is 310 g/mol. The summed E-state index contributed by atoms with van der Waals surface area (Å²) in [6, 6.07) is 7.53. The smallest absolute Gasteiger partial charge is 0.335 e. The molecule has 0 heterocycles. The minimum Gasteiger partial charge on any atom is -0.493 e. The van der Waals surface area contributed by atoms with Gasteiger partial charge >= 0.3 is 5.97 Å². The van der Waals surface area contributed by atoms with Crippen LogP contribution in [-0.4, -0.2) is 43.1 Å². The summed E-state index contributed by atoms with van der Waals surface area (Å²) < 4.78 is 16.3. The molecule has 0 unspecified atom stereocenters. The molecule has 1 atom stereocenters. The van der Waals surface area contributed by atoms with Gasteiger partial charge in [0.15, 0.2) is 6.10 Å². The predicted molar refractivity (Wildman–Crippen MR) is 84.0 cm³/mol. The van der Waals surface area contributed by atoms with Crippen LogP contribution >= 0.6 is 0 Å². The van der Waals surface area contributed by atoms with E-state index in [1.54, 1.807) is 6.92 Å². The zero-order chi connectivity index (χ0) is 16.4.